The molecule has 15 heavy (non-hydrogen) atoms. The number of aliphatic carboxylic acids is 1. The summed E-state index contributed by atoms with van der Waals surface area (Å²) in [5.74, 6) is -1.12. The second-order valence-electron chi connectivity index (χ2n) is 3.49. The van der Waals surface area contributed by atoms with Gasteiger partial charge in [-0.05, 0) is 31.5 Å². The number of carboxylic acid groups (broad SMARTS) is 1. The Kier molecular flexibility index (Phi) is 4.09. The average molecular weight is 211 g/mol. The number of hydrogen-bond donors (Lipinski definition) is 2. The monoisotopic (exact) mass is 211 g/mol. The first-order valence-electron chi connectivity index (χ1n) is 4.82. The van der Waals surface area contributed by atoms with Crippen molar-refractivity contribution in [2.24, 2.45) is 0 Å². The molecule has 0 aliphatic rings. The summed E-state index contributed by atoms with van der Waals surface area (Å²) in [6, 6.07) is 6.13. The van der Waals surface area contributed by atoms with E-state index in [1.165, 1.54) is 12.1 Å². The van der Waals surface area contributed by atoms with Gasteiger partial charge in [-0.25, -0.2) is 4.39 Å². The summed E-state index contributed by atoms with van der Waals surface area (Å²) in [6.45, 7) is 1.87. The van der Waals surface area contributed by atoms with Gasteiger partial charge >= 0.3 is 5.97 Å². The lowest BCUT2D eigenvalue weighted by Crippen LogP contribution is -2.16. The van der Waals surface area contributed by atoms with Gasteiger partial charge in [-0.2, -0.15) is 0 Å². The minimum Gasteiger partial charge on any atom is -0.481 e. The van der Waals surface area contributed by atoms with Crippen LogP contribution in [0.2, 0.25) is 0 Å². The van der Waals surface area contributed by atoms with Gasteiger partial charge in [-0.3, -0.25) is 4.79 Å². The molecule has 0 aliphatic heterocycles. The Morgan fingerprint density at radius 1 is 1.60 bits per heavy atom. The quantitative estimate of drug-likeness (QED) is 0.786. The molecular weight excluding hydrogens is 197 g/mol. The van der Waals surface area contributed by atoms with Crippen LogP contribution in [0, 0.1) is 5.82 Å². The summed E-state index contributed by atoms with van der Waals surface area (Å²) in [4.78, 5) is 10.3. The molecule has 0 aromatic heterocycles. The highest BCUT2D eigenvalue weighted by Gasteiger charge is 2.05. The SMILES string of the molecule is CC(CCC(=O)O)Nc1cccc(F)c1. The van der Waals surface area contributed by atoms with Gasteiger partial charge in [-0.1, -0.05) is 6.07 Å². The number of hydrogen-bond acceptors (Lipinski definition) is 2. The molecule has 0 radical (unpaired) electrons. The molecule has 1 aromatic rings. The van der Waals surface area contributed by atoms with E-state index >= 15 is 0 Å². The maximum atomic E-state index is 12.8. The zero-order valence-electron chi connectivity index (χ0n) is 8.53. The highest BCUT2D eigenvalue weighted by Crippen LogP contribution is 2.12. The molecule has 0 spiro atoms. The van der Waals surface area contributed by atoms with E-state index in [1.54, 1.807) is 12.1 Å². The lowest BCUT2D eigenvalue weighted by Gasteiger charge is -2.13. The van der Waals surface area contributed by atoms with Crippen molar-refractivity contribution >= 4 is 11.7 Å². The topological polar surface area (TPSA) is 49.3 Å². The molecule has 1 unspecified atom stereocenters. The van der Waals surface area contributed by atoms with E-state index in [1.807, 2.05) is 6.92 Å². The first kappa shape index (κ1) is 11.5. The predicted octanol–water partition coefficient (Wildman–Crippen LogP) is 2.49. The maximum Gasteiger partial charge on any atom is 0.303 e. The predicted molar refractivity (Wildman–Crippen MR) is 56.4 cm³/mol. The van der Waals surface area contributed by atoms with Crippen molar-refractivity contribution in [2.75, 3.05) is 5.32 Å². The van der Waals surface area contributed by atoms with E-state index in [-0.39, 0.29) is 18.3 Å². The van der Waals surface area contributed by atoms with Crippen LogP contribution in [0.5, 0.6) is 0 Å². The molecule has 0 heterocycles. The Balaban J connectivity index is 2.44. The Hall–Kier alpha value is -1.58. The second-order valence-corrected chi connectivity index (χ2v) is 3.49. The number of rotatable bonds is 5. The molecule has 1 rings (SSSR count). The van der Waals surface area contributed by atoms with Gasteiger partial charge in [0.1, 0.15) is 5.82 Å². The van der Waals surface area contributed by atoms with Crippen LogP contribution in [-0.2, 0) is 4.79 Å². The number of carboxylic acids is 1. The fraction of sp³-hybridized carbons (Fsp3) is 0.364. The number of anilines is 1. The van der Waals surface area contributed by atoms with Gasteiger partial charge < -0.3 is 10.4 Å². The third-order valence-electron chi connectivity index (χ3n) is 2.03. The fourth-order valence-electron chi connectivity index (χ4n) is 1.27. The molecule has 1 atom stereocenters. The molecule has 0 aliphatic carbocycles. The summed E-state index contributed by atoms with van der Waals surface area (Å²) < 4.78 is 12.8. The van der Waals surface area contributed by atoms with Crippen LogP contribution in [0.4, 0.5) is 10.1 Å². The number of carbonyl (C=O) groups is 1. The molecule has 82 valence electrons. The second kappa shape index (κ2) is 5.34. The Labute approximate surface area is 87.9 Å². The van der Waals surface area contributed by atoms with Crippen molar-refractivity contribution in [2.45, 2.75) is 25.8 Å². The van der Waals surface area contributed by atoms with Gasteiger partial charge in [0.05, 0.1) is 0 Å². The molecule has 0 saturated carbocycles. The largest absolute Gasteiger partial charge is 0.481 e. The van der Waals surface area contributed by atoms with Crippen molar-refractivity contribution in [3.8, 4) is 0 Å². The zero-order chi connectivity index (χ0) is 11.3. The lowest BCUT2D eigenvalue weighted by atomic mass is 10.1. The van der Waals surface area contributed by atoms with Crippen molar-refractivity contribution in [3.05, 3.63) is 30.1 Å². The van der Waals surface area contributed by atoms with Crippen molar-refractivity contribution in [1.82, 2.24) is 0 Å². The highest BCUT2D eigenvalue weighted by molar-refractivity contribution is 5.66. The molecule has 0 amide bonds. The first-order valence-corrected chi connectivity index (χ1v) is 4.82. The molecule has 0 bridgehead atoms. The van der Waals surface area contributed by atoms with Crippen molar-refractivity contribution in [1.29, 1.82) is 0 Å². The van der Waals surface area contributed by atoms with E-state index in [9.17, 15) is 9.18 Å². The summed E-state index contributed by atoms with van der Waals surface area (Å²) in [7, 11) is 0. The minimum absolute atomic E-state index is 0.0166. The maximum absolute atomic E-state index is 12.8. The summed E-state index contributed by atoms with van der Waals surface area (Å²) in [5.41, 5.74) is 0.674. The Bertz CT molecular complexity index is 341. The van der Waals surface area contributed by atoms with Gasteiger partial charge in [-0.15, -0.1) is 0 Å². The first-order chi connectivity index (χ1) is 7.08. The molecular formula is C11H14FNO2. The zero-order valence-corrected chi connectivity index (χ0v) is 8.53. The standard InChI is InChI=1S/C11H14FNO2/c1-8(5-6-11(14)15)13-10-4-2-3-9(12)7-10/h2-4,7-8,13H,5-6H2,1H3,(H,14,15). The highest BCUT2D eigenvalue weighted by atomic mass is 19.1. The Morgan fingerprint density at radius 2 is 2.33 bits per heavy atom. The third kappa shape index (κ3) is 4.44. The summed E-state index contributed by atoms with van der Waals surface area (Å²) in [5, 5.41) is 11.5. The van der Waals surface area contributed by atoms with E-state index < -0.39 is 5.97 Å². The summed E-state index contributed by atoms with van der Waals surface area (Å²) in [6.07, 6.45) is 0.634. The van der Waals surface area contributed by atoms with Crippen LogP contribution in [0.25, 0.3) is 0 Å². The third-order valence-corrected chi connectivity index (χ3v) is 2.03. The Morgan fingerprint density at radius 3 is 2.93 bits per heavy atom. The van der Waals surface area contributed by atoms with Crippen LogP contribution in [0.3, 0.4) is 0 Å². The van der Waals surface area contributed by atoms with Gasteiger partial charge in [0, 0.05) is 18.2 Å². The van der Waals surface area contributed by atoms with Crippen molar-refractivity contribution < 1.29 is 14.3 Å². The molecule has 0 fully saturated rings. The fourth-order valence-corrected chi connectivity index (χ4v) is 1.27. The molecule has 4 heteroatoms. The van der Waals surface area contributed by atoms with Crippen LogP contribution in [0.1, 0.15) is 19.8 Å². The number of benzene rings is 1. The van der Waals surface area contributed by atoms with Crippen molar-refractivity contribution in [3.63, 3.8) is 0 Å². The van der Waals surface area contributed by atoms with Gasteiger partial charge in [0.15, 0.2) is 0 Å². The van der Waals surface area contributed by atoms with Crippen LogP contribution < -0.4 is 5.32 Å². The number of halogens is 1. The van der Waals surface area contributed by atoms with Crippen LogP contribution in [-0.4, -0.2) is 17.1 Å². The van der Waals surface area contributed by atoms with E-state index in [0.29, 0.717) is 12.1 Å². The van der Waals surface area contributed by atoms with E-state index in [0.717, 1.165) is 0 Å². The smallest absolute Gasteiger partial charge is 0.303 e. The van der Waals surface area contributed by atoms with Crippen LogP contribution in [0.15, 0.2) is 24.3 Å². The molecule has 2 N–H and O–H groups in total. The summed E-state index contributed by atoms with van der Waals surface area (Å²) >= 11 is 0. The number of nitrogens with one attached hydrogen (secondary N) is 1. The van der Waals surface area contributed by atoms with Crippen LogP contribution >= 0.6 is 0 Å². The minimum atomic E-state index is -0.817. The molecule has 1 aromatic carbocycles. The lowest BCUT2D eigenvalue weighted by molar-refractivity contribution is -0.137. The molecule has 3 nitrogen and oxygen atoms in total. The van der Waals surface area contributed by atoms with Gasteiger partial charge in [0.25, 0.3) is 0 Å². The van der Waals surface area contributed by atoms with E-state index in [2.05, 4.69) is 5.32 Å². The average Bonchev–Trinajstić information content (AvgIpc) is 2.15. The van der Waals surface area contributed by atoms with E-state index in [4.69, 9.17) is 5.11 Å². The van der Waals surface area contributed by atoms with Gasteiger partial charge in [0.2, 0.25) is 0 Å². The normalized spacial score (nSPS) is 12.1. The molecule has 0 saturated heterocycles.